The van der Waals surface area contributed by atoms with E-state index in [2.05, 4.69) is 10.2 Å². The number of carbonyl (C=O) groups excluding carboxylic acids is 1. The van der Waals surface area contributed by atoms with E-state index in [0.29, 0.717) is 29.7 Å². The summed E-state index contributed by atoms with van der Waals surface area (Å²) in [7, 11) is 4.00. The van der Waals surface area contributed by atoms with Gasteiger partial charge in [0.05, 0.1) is 6.26 Å². The van der Waals surface area contributed by atoms with Crippen molar-refractivity contribution in [1.82, 2.24) is 10.2 Å². The highest BCUT2D eigenvalue weighted by Gasteiger charge is 2.15. The van der Waals surface area contributed by atoms with Crippen molar-refractivity contribution in [2.45, 2.75) is 33.1 Å². The molecule has 2 heterocycles. The minimum absolute atomic E-state index is 0.0474. The Morgan fingerprint density at radius 2 is 1.93 bits per heavy atom. The van der Waals surface area contributed by atoms with E-state index in [9.17, 15) is 9.59 Å². The molecule has 0 atom stereocenters. The number of rotatable bonds is 7. The van der Waals surface area contributed by atoms with Gasteiger partial charge in [-0.25, -0.2) is 4.79 Å². The summed E-state index contributed by atoms with van der Waals surface area (Å²) in [5.41, 5.74) is 3.29. The molecular weight excluding hydrogens is 344 g/mol. The summed E-state index contributed by atoms with van der Waals surface area (Å²) in [6.07, 6.45) is 3.23. The number of furan rings is 1. The first kappa shape index (κ1) is 19.2. The van der Waals surface area contributed by atoms with Crippen LogP contribution in [0, 0.1) is 13.8 Å². The molecule has 3 rings (SSSR count). The molecule has 0 saturated carbocycles. The molecule has 0 bridgehead atoms. The highest BCUT2D eigenvalue weighted by Crippen LogP contribution is 2.28. The minimum atomic E-state index is -0.386. The van der Waals surface area contributed by atoms with E-state index in [0.717, 1.165) is 34.9 Å². The van der Waals surface area contributed by atoms with Gasteiger partial charge in [0.2, 0.25) is 5.91 Å². The topological polar surface area (TPSA) is 75.7 Å². The van der Waals surface area contributed by atoms with E-state index in [4.69, 9.17) is 8.83 Å². The molecule has 0 saturated heterocycles. The van der Waals surface area contributed by atoms with E-state index in [1.165, 1.54) is 0 Å². The van der Waals surface area contributed by atoms with Gasteiger partial charge in [-0.05, 0) is 64.5 Å². The summed E-state index contributed by atoms with van der Waals surface area (Å²) < 4.78 is 11.0. The van der Waals surface area contributed by atoms with Gasteiger partial charge in [0.15, 0.2) is 0 Å². The Kier molecular flexibility index (Phi) is 5.65. The molecule has 0 aliphatic rings. The third-order valence-electron chi connectivity index (χ3n) is 4.88. The molecule has 1 N–H and O–H groups in total. The Morgan fingerprint density at radius 1 is 1.15 bits per heavy atom. The van der Waals surface area contributed by atoms with Crippen molar-refractivity contribution in [3.63, 3.8) is 0 Å². The van der Waals surface area contributed by atoms with Crippen LogP contribution in [0.3, 0.4) is 0 Å². The first-order valence-electron chi connectivity index (χ1n) is 9.22. The van der Waals surface area contributed by atoms with Crippen LogP contribution in [0.25, 0.3) is 21.9 Å². The van der Waals surface area contributed by atoms with Gasteiger partial charge in [0, 0.05) is 35.4 Å². The number of benzene rings is 1. The van der Waals surface area contributed by atoms with Crippen LogP contribution >= 0.6 is 0 Å². The zero-order chi connectivity index (χ0) is 19.6. The molecule has 3 aromatic rings. The number of nitrogens with zero attached hydrogens (tertiary/aromatic N) is 1. The number of aryl methyl sites for hydroxylation is 2. The second-order valence-electron chi connectivity index (χ2n) is 7.26. The van der Waals surface area contributed by atoms with Crippen molar-refractivity contribution in [3.05, 3.63) is 45.5 Å². The molecule has 2 aromatic heterocycles. The zero-order valence-corrected chi connectivity index (χ0v) is 16.3. The lowest BCUT2D eigenvalue weighted by atomic mass is 10.0. The van der Waals surface area contributed by atoms with Crippen molar-refractivity contribution in [1.29, 1.82) is 0 Å². The van der Waals surface area contributed by atoms with Gasteiger partial charge in [0.1, 0.15) is 11.2 Å². The molecule has 1 amide bonds. The highest BCUT2D eigenvalue weighted by atomic mass is 16.4. The summed E-state index contributed by atoms with van der Waals surface area (Å²) in [6.45, 7) is 5.45. The van der Waals surface area contributed by atoms with Gasteiger partial charge >= 0.3 is 5.63 Å². The van der Waals surface area contributed by atoms with E-state index in [1.54, 1.807) is 12.3 Å². The SMILES string of the molecule is Cc1coc2cc3oc(=O)c(CCC(=O)NCCCN(C)C)c(C)c3cc12. The van der Waals surface area contributed by atoms with Gasteiger partial charge in [-0.15, -0.1) is 0 Å². The molecule has 0 fully saturated rings. The number of amides is 1. The van der Waals surface area contributed by atoms with Crippen LogP contribution < -0.4 is 10.9 Å². The number of hydrogen-bond acceptors (Lipinski definition) is 5. The van der Waals surface area contributed by atoms with Crippen LogP contribution in [0.2, 0.25) is 0 Å². The number of nitrogens with one attached hydrogen (secondary N) is 1. The molecule has 0 spiro atoms. The number of carbonyl (C=O) groups is 1. The predicted molar refractivity (Wildman–Crippen MR) is 106 cm³/mol. The molecular formula is C21H26N2O4. The van der Waals surface area contributed by atoms with Crippen molar-refractivity contribution >= 4 is 27.8 Å². The number of hydrogen-bond donors (Lipinski definition) is 1. The van der Waals surface area contributed by atoms with Crippen molar-refractivity contribution in [2.24, 2.45) is 0 Å². The molecule has 6 nitrogen and oxygen atoms in total. The van der Waals surface area contributed by atoms with Crippen LogP contribution in [0.5, 0.6) is 0 Å². The van der Waals surface area contributed by atoms with Crippen molar-refractivity contribution in [2.75, 3.05) is 27.2 Å². The number of fused-ring (bicyclic) bond motifs is 2. The van der Waals surface area contributed by atoms with Crippen LogP contribution in [-0.2, 0) is 11.2 Å². The summed E-state index contributed by atoms with van der Waals surface area (Å²) in [5.74, 6) is -0.0474. The van der Waals surface area contributed by atoms with Gasteiger partial charge in [-0.3, -0.25) is 4.79 Å². The maximum absolute atomic E-state index is 12.4. The van der Waals surface area contributed by atoms with Crippen LogP contribution in [0.15, 0.2) is 32.0 Å². The average Bonchev–Trinajstić information content (AvgIpc) is 2.97. The lowest BCUT2D eigenvalue weighted by Gasteiger charge is -2.10. The maximum atomic E-state index is 12.4. The largest absolute Gasteiger partial charge is 0.464 e. The summed E-state index contributed by atoms with van der Waals surface area (Å²) in [5, 5.41) is 4.79. The minimum Gasteiger partial charge on any atom is -0.464 e. The first-order chi connectivity index (χ1) is 12.9. The predicted octanol–water partition coefficient (Wildman–Crippen LogP) is 3.16. The van der Waals surface area contributed by atoms with Crippen LogP contribution in [0.4, 0.5) is 0 Å². The summed E-state index contributed by atoms with van der Waals surface area (Å²) in [4.78, 5) is 26.5. The van der Waals surface area contributed by atoms with Gasteiger partial charge in [-0.1, -0.05) is 0 Å². The van der Waals surface area contributed by atoms with E-state index < -0.39 is 0 Å². The van der Waals surface area contributed by atoms with Crippen molar-refractivity contribution < 1.29 is 13.6 Å². The highest BCUT2D eigenvalue weighted by molar-refractivity contribution is 5.96. The van der Waals surface area contributed by atoms with E-state index >= 15 is 0 Å². The summed E-state index contributed by atoms with van der Waals surface area (Å²) >= 11 is 0. The molecule has 0 aliphatic carbocycles. The van der Waals surface area contributed by atoms with Crippen LogP contribution in [-0.4, -0.2) is 38.0 Å². The Labute approximate surface area is 158 Å². The molecule has 144 valence electrons. The van der Waals surface area contributed by atoms with Crippen LogP contribution in [0.1, 0.15) is 29.5 Å². The average molecular weight is 370 g/mol. The smallest absolute Gasteiger partial charge is 0.339 e. The lowest BCUT2D eigenvalue weighted by Crippen LogP contribution is -2.27. The Bertz CT molecular complexity index is 1030. The fourth-order valence-corrected chi connectivity index (χ4v) is 3.28. The first-order valence-corrected chi connectivity index (χ1v) is 9.22. The third-order valence-corrected chi connectivity index (χ3v) is 4.88. The Morgan fingerprint density at radius 3 is 2.67 bits per heavy atom. The molecule has 0 radical (unpaired) electrons. The third kappa shape index (κ3) is 4.22. The second kappa shape index (κ2) is 7.96. The standard InChI is InChI=1S/C21H26N2O4/c1-13-12-26-18-11-19-17(10-16(13)18)14(2)15(21(25)27-19)6-7-20(24)22-8-5-9-23(3)4/h10-12H,5-9H2,1-4H3,(H,22,24). The van der Waals surface area contributed by atoms with Gasteiger partial charge in [-0.2, -0.15) is 0 Å². The molecule has 1 aromatic carbocycles. The summed E-state index contributed by atoms with van der Waals surface area (Å²) in [6, 6.07) is 3.75. The Hall–Kier alpha value is -2.60. The Balaban J connectivity index is 1.76. The molecule has 0 aliphatic heterocycles. The molecule has 6 heteroatoms. The fourth-order valence-electron chi connectivity index (χ4n) is 3.28. The second-order valence-corrected chi connectivity index (χ2v) is 7.26. The van der Waals surface area contributed by atoms with Crippen molar-refractivity contribution in [3.8, 4) is 0 Å². The maximum Gasteiger partial charge on any atom is 0.339 e. The van der Waals surface area contributed by atoms with E-state index in [1.807, 2.05) is 34.0 Å². The fraction of sp³-hybridized carbons (Fsp3) is 0.429. The van der Waals surface area contributed by atoms with Gasteiger partial charge < -0.3 is 19.1 Å². The van der Waals surface area contributed by atoms with E-state index in [-0.39, 0.29) is 18.0 Å². The molecule has 0 unspecified atom stereocenters. The lowest BCUT2D eigenvalue weighted by molar-refractivity contribution is -0.121. The quantitative estimate of drug-likeness (QED) is 0.511. The molecule has 27 heavy (non-hydrogen) atoms. The zero-order valence-electron chi connectivity index (χ0n) is 16.3. The van der Waals surface area contributed by atoms with Gasteiger partial charge in [0.25, 0.3) is 0 Å². The normalized spacial score (nSPS) is 11.6. The monoisotopic (exact) mass is 370 g/mol.